The van der Waals surface area contributed by atoms with Gasteiger partial charge in [-0.2, -0.15) is 0 Å². The smallest absolute Gasteiger partial charge is 0.251 e. The summed E-state index contributed by atoms with van der Waals surface area (Å²) >= 11 is 3.32. The fourth-order valence-electron chi connectivity index (χ4n) is 1.18. The number of hydrogen-bond acceptors (Lipinski definition) is 2. The molecule has 0 radical (unpaired) electrons. The molecule has 0 aromatic heterocycles. The molecule has 0 aliphatic rings. The van der Waals surface area contributed by atoms with Crippen molar-refractivity contribution in [3.05, 3.63) is 33.8 Å². The summed E-state index contributed by atoms with van der Waals surface area (Å²) in [6, 6.07) is 5.40. The molecule has 0 unspecified atom stereocenters. The van der Waals surface area contributed by atoms with Crippen LogP contribution >= 0.6 is 15.9 Å². The third kappa shape index (κ3) is 3.47. The molecule has 1 N–H and O–H groups in total. The summed E-state index contributed by atoms with van der Waals surface area (Å²) in [5.74, 6) is -0.270. The number of aryl methyl sites for hydroxylation is 1. The molecule has 15 heavy (non-hydrogen) atoms. The molecule has 80 valence electrons. The zero-order chi connectivity index (χ0) is 11.4. The van der Waals surface area contributed by atoms with Crippen LogP contribution in [0.5, 0.6) is 0 Å². The van der Waals surface area contributed by atoms with Crippen LogP contribution in [0.25, 0.3) is 0 Å². The molecule has 0 saturated heterocycles. The average Bonchev–Trinajstić information content (AvgIpc) is 2.14. The van der Waals surface area contributed by atoms with Crippen molar-refractivity contribution in [3.63, 3.8) is 0 Å². The third-order valence-corrected chi connectivity index (χ3v) is 2.42. The van der Waals surface area contributed by atoms with E-state index < -0.39 is 0 Å². The van der Waals surface area contributed by atoms with Gasteiger partial charge in [-0.3, -0.25) is 9.59 Å². The molecule has 0 heterocycles. The van der Waals surface area contributed by atoms with Gasteiger partial charge in [-0.05, 0) is 37.6 Å². The van der Waals surface area contributed by atoms with E-state index >= 15 is 0 Å². The standard InChI is InChI=1S/C11H12BrNO2/c1-7-5-9(12)3-4-10(7)11(15)13-6-8(2)14/h3-5H,6H2,1-2H3,(H,13,15). The van der Waals surface area contributed by atoms with E-state index in [9.17, 15) is 9.59 Å². The Labute approximate surface area is 97.0 Å². The van der Waals surface area contributed by atoms with E-state index in [0.717, 1.165) is 10.0 Å². The fourth-order valence-corrected chi connectivity index (χ4v) is 1.66. The summed E-state index contributed by atoms with van der Waals surface area (Å²) in [6.07, 6.45) is 0. The Morgan fingerprint density at radius 2 is 2.07 bits per heavy atom. The maximum absolute atomic E-state index is 11.6. The van der Waals surface area contributed by atoms with Gasteiger partial charge in [-0.15, -0.1) is 0 Å². The largest absolute Gasteiger partial charge is 0.345 e. The van der Waals surface area contributed by atoms with E-state index in [1.54, 1.807) is 12.1 Å². The minimum Gasteiger partial charge on any atom is -0.345 e. The Morgan fingerprint density at radius 3 is 2.60 bits per heavy atom. The van der Waals surface area contributed by atoms with E-state index in [4.69, 9.17) is 0 Å². The molecule has 0 spiro atoms. The monoisotopic (exact) mass is 269 g/mol. The van der Waals surface area contributed by atoms with E-state index in [0.29, 0.717) is 5.56 Å². The summed E-state index contributed by atoms with van der Waals surface area (Å²) in [5.41, 5.74) is 1.48. The number of hydrogen-bond donors (Lipinski definition) is 1. The molecule has 1 amide bonds. The first kappa shape index (κ1) is 11.9. The Morgan fingerprint density at radius 1 is 1.40 bits per heavy atom. The summed E-state index contributed by atoms with van der Waals surface area (Å²) < 4.78 is 0.933. The van der Waals surface area contributed by atoms with Gasteiger partial charge in [0.1, 0.15) is 5.78 Å². The van der Waals surface area contributed by atoms with Crippen molar-refractivity contribution in [1.82, 2.24) is 5.32 Å². The lowest BCUT2D eigenvalue weighted by Crippen LogP contribution is -2.28. The molecule has 0 aliphatic carbocycles. The molecule has 0 fully saturated rings. The van der Waals surface area contributed by atoms with Crippen LogP contribution in [0, 0.1) is 6.92 Å². The summed E-state index contributed by atoms with van der Waals surface area (Å²) in [5, 5.41) is 2.55. The fraction of sp³-hybridized carbons (Fsp3) is 0.273. The van der Waals surface area contributed by atoms with Crippen molar-refractivity contribution in [1.29, 1.82) is 0 Å². The number of carbonyl (C=O) groups is 2. The Bertz CT molecular complexity index is 402. The number of halogens is 1. The van der Waals surface area contributed by atoms with Crippen LogP contribution in [0.15, 0.2) is 22.7 Å². The van der Waals surface area contributed by atoms with Crippen LogP contribution in [0.2, 0.25) is 0 Å². The first-order chi connectivity index (χ1) is 7.00. The van der Waals surface area contributed by atoms with Crippen molar-refractivity contribution >= 4 is 27.6 Å². The van der Waals surface area contributed by atoms with Gasteiger partial charge in [0.2, 0.25) is 0 Å². The van der Waals surface area contributed by atoms with Gasteiger partial charge in [0, 0.05) is 10.0 Å². The van der Waals surface area contributed by atoms with Crippen LogP contribution in [-0.4, -0.2) is 18.2 Å². The first-order valence-electron chi connectivity index (χ1n) is 4.54. The van der Waals surface area contributed by atoms with Crippen molar-refractivity contribution in [3.8, 4) is 0 Å². The second kappa shape index (κ2) is 5.07. The van der Waals surface area contributed by atoms with E-state index in [-0.39, 0.29) is 18.2 Å². The lowest BCUT2D eigenvalue weighted by molar-refractivity contribution is -0.116. The Hall–Kier alpha value is -1.16. The number of Topliss-reactive ketones (excluding diaryl/α,β-unsaturated/α-hetero) is 1. The van der Waals surface area contributed by atoms with Gasteiger partial charge >= 0.3 is 0 Å². The van der Waals surface area contributed by atoms with Crippen LogP contribution in [-0.2, 0) is 4.79 Å². The maximum Gasteiger partial charge on any atom is 0.251 e. The summed E-state index contributed by atoms with van der Waals surface area (Å²) in [4.78, 5) is 22.3. The van der Waals surface area contributed by atoms with Gasteiger partial charge in [0.05, 0.1) is 6.54 Å². The normalized spacial score (nSPS) is 9.80. The zero-order valence-electron chi connectivity index (χ0n) is 8.63. The van der Waals surface area contributed by atoms with Crippen LogP contribution in [0.4, 0.5) is 0 Å². The molecule has 0 saturated carbocycles. The molecule has 4 heteroatoms. The Balaban J connectivity index is 2.78. The lowest BCUT2D eigenvalue weighted by atomic mass is 10.1. The third-order valence-electron chi connectivity index (χ3n) is 1.93. The molecule has 1 rings (SSSR count). The molecule has 3 nitrogen and oxygen atoms in total. The first-order valence-corrected chi connectivity index (χ1v) is 5.34. The highest BCUT2D eigenvalue weighted by molar-refractivity contribution is 9.10. The number of nitrogens with one attached hydrogen (secondary N) is 1. The van der Waals surface area contributed by atoms with Gasteiger partial charge < -0.3 is 5.32 Å². The van der Waals surface area contributed by atoms with Gasteiger partial charge in [0.25, 0.3) is 5.91 Å². The highest BCUT2D eigenvalue weighted by Crippen LogP contribution is 2.15. The molecular formula is C11H12BrNO2. The quantitative estimate of drug-likeness (QED) is 0.914. The maximum atomic E-state index is 11.6. The van der Waals surface area contributed by atoms with Crippen molar-refractivity contribution in [2.75, 3.05) is 6.54 Å². The lowest BCUT2D eigenvalue weighted by Gasteiger charge is -2.06. The van der Waals surface area contributed by atoms with E-state index in [1.165, 1.54) is 6.92 Å². The van der Waals surface area contributed by atoms with E-state index in [1.807, 2.05) is 13.0 Å². The van der Waals surface area contributed by atoms with Gasteiger partial charge in [-0.25, -0.2) is 0 Å². The molecular weight excluding hydrogens is 258 g/mol. The zero-order valence-corrected chi connectivity index (χ0v) is 10.2. The molecule has 1 aromatic rings. The number of amides is 1. The minimum atomic E-state index is -0.213. The minimum absolute atomic E-state index is 0.0573. The van der Waals surface area contributed by atoms with Crippen LogP contribution < -0.4 is 5.32 Å². The second-order valence-electron chi connectivity index (χ2n) is 3.34. The van der Waals surface area contributed by atoms with Crippen LogP contribution in [0.3, 0.4) is 0 Å². The number of ketones is 1. The Kier molecular flexibility index (Phi) is 4.03. The summed E-state index contributed by atoms with van der Waals surface area (Å²) in [6.45, 7) is 3.37. The number of rotatable bonds is 3. The van der Waals surface area contributed by atoms with Crippen molar-refractivity contribution in [2.24, 2.45) is 0 Å². The molecule has 0 atom stereocenters. The molecule has 1 aromatic carbocycles. The SMILES string of the molecule is CC(=O)CNC(=O)c1ccc(Br)cc1C. The number of carbonyl (C=O) groups excluding carboxylic acids is 2. The van der Waals surface area contributed by atoms with Crippen LogP contribution in [0.1, 0.15) is 22.8 Å². The van der Waals surface area contributed by atoms with Crippen molar-refractivity contribution in [2.45, 2.75) is 13.8 Å². The van der Waals surface area contributed by atoms with Crippen molar-refractivity contribution < 1.29 is 9.59 Å². The highest BCUT2D eigenvalue weighted by atomic mass is 79.9. The second-order valence-corrected chi connectivity index (χ2v) is 4.26. The highest BCUT2D eigenvalue weighted by Gasteiger charge is 2.08. The topological polar surface area (TPSA) is 46.2 Å². The van der Waals surface area contributed by atoms with Gasteiger partial charge in [0.15, 0.2) is 0 Å². The van der Waals surface area contributed by atoms with E-state index in [2.05, 4.69) is 21.2 Å². The average molecular weight is 270 g/mol. The summed E-state index contributed by atoms with van der Waals surface area (Å²) in [7, 11) is 0. The van der Waals surface area contributed by atoms with Gasteiger partial charge in [-0.1, -0.05) is 15.9 Å². The predicted octanol–water partition coefficient (Wildman–Crippen LogP) is 2.08. The predicted molar refractivity (Wildman–Crippen MR) is 61.9 cm³/mol. The number of benzene rings is 1. The molecule has 0 bridgehead atoms. The molecule has 0 aliphatic heterocycles.